The Balaban J connectivity index is 1.67. The van der Waals surface area contributed by atoms with Gasteiger partial charge in [0.2, 0.25) is 5.88 Å². The first-order valence-corrected chi connectivity index (χ1v) is 13.6. The van der Waals surface area contributed by atoms with Gasteiger partial charge >= 0.3 is 0 Å². The van der Waals surface area contributed by atoms with E-state index in [-0.39, 0.29) is 11.0 Å². The Hall–Kier alpha value is -3.54. The summed E-state index contributed by atoms with van der Waals surface area (Å²) in [6.07, 6.45) is 3.59. The smallest absolute Gasteiger partial charge is 0.238 e. The number of fused-ring (bicyclic) bond motifs is 1. The molecule has 4 aromatic rings. The fourth-order valence-corrected chi connectivity index (χ4v) is 5.03. The third-order valence-electron chi connectivity index (χ3n) is 6.97. The number of pyridine rings is 1. The summed E-state index contributed by atoms with van der Waals surface area (Å²) in [5, 5.41) is 27.7. The fraction of sp³-hybridized carbons (Fsp3) is 0.379. The van der Waals surface area contributed by atoms with Crippen LogP contribution in [0.3, 0.4) is 0 Å². The van der Waals surface area contributed by atoms with E-state index in [2.05, 4.69) is 59.7 Å². The summed E-state index contributed by atoms with van der Waals surface area (Å²) in [4.78, 5) is 4.67. The van der Waals surface area contributed by atoms with Gasteiger partial charge in [0.1, 0.15) is 12.1 Å². The van der Waals surface area contributed by atoms with Crippen molar-refractivity contribution in [1.82, 2.24) is 20.0 Å². The second-order valence-corrected chi connectivity index (χ2v) is 12.3. The van der Waals surface area contributed by atoms with Crippen LogP contribution in [0.25, 0.3) is 10.9 Å². The number of hydrogen-bond donors (Lipinski definition) is 2. The molecule has 2 N–H and O–H groups in total. The molecule has 0 saturated heterocycles. The highest BCUT2D eigenvalue weighted by atomic mass is 35.5. The Morgan fingerprint density at radius 1 is 1.21 bits per heavy atom. The Kier molecular flexibility index (Phi) is 7.08. The minimum atomic E-state index is -0.519. The van der Waals surface area contributed by atoms with Crippen LogP contribution >= 0.6 is 23.2 Å². The van der Waals surface area contributed by atoms with E-state index in [1.165, 1.54) is 0 Å². The van der Waals surface area contributed by atoms with Gasteiger partial charge in [0, 0.05) is 28.2 Å². The number of rotatable bonds is 8. The molecular weight excluding hydrogens is 533 g/mol. The Labute approximate surface area is 238 Å². The number of nitrogens with one attached hydrogen (secondary N) is 2. The minimum absolute atomic E-state index is 0.00228. The van der Waals surface area contributed by atoms with E-state index in [1.807, 2.05) is 41.1 Å². The van der Waals surface area contributed by atoms with Crippen LogP contribution in [0.4, 0.5) is 11.4 Å². The number of hydrogen-bond acceptors (Lipinski definition) is 7. The summed E-state index contributed by atoms with van der Waals surface area (Å²) in [6, 6.07) is 13.0. The third kappa shape index (κ3) is 5.34. The number of nitriles is 1. The molecule has 2 aromatic heterocycles. The van der Waals surface area contributed by atoms with Gasteiger partial charge in [-0.3, -0.25) is 4.98 Å². The maximum atomic E-state index is 9.83. The summed E-state index contributed by atoms with van der Waals surface area (Å²) in [6.45, 7) is 9.20. The highest BCUT2D eigenvalue weighted by Crippen LogP contribution is 2.47. The first-order chi connectivity index (χ1) is 18.5. The number of benzene rings is 2. The highest BCUT2D eigenvalue weighted by Gasteiger charge is 2.44. The molecule has 0 unspecified atom stereocenters. The first-order valence-electron chi connectivity index (χ1n) is 12.8. The van der Waals surface area contributed by atoms with Crippen LogP contribution < -0.4 is 15.4 Å². The molecule has 0 bridgehead atoms. The largest absolute Gasteiger partial charge is 0.480 e. The Bertz CT molecular complexity index is 1580. The Morgan fingerprint density at radius 2 is 1.95 bits per heavy atom. The molecule has 1 saturated carbocycles. The van der Waals surface area contributed by atoms with Gasteiger partial charge in [-0.25, -0.2) is 4.68 Å². The molecule has 0 amide bonds. The molecule has 202 valence electrons. The van der Waals surface area contributed by atoms with Gasteiger partial charge in [-0.15, -0.1) is 5.10 Å². The van der Waals surface area contributed by atoms with Gasteiger partial charge in [0.15, 0.2) is 5.69 Å². The molecule has 2 aromatic carbocycles. The lowest BCUT2D eigenvalue weighted by atomic mass is 9.96. The van der Waals surface area contributed by atoms with Crippen LogP contribution in [-0.4, -0.2) is 33.6 Å². The average molecular weight is 565 g/mol. The normalized spacial score (nSPS) is 15.0. The van der Waals surface area contributed by atoms with Crippen molar-refractivity contribution in [2.75, 3.05) is 24.3 Å². The number of aromatic nitrogens is 4. The van der Waals surface area contributed by atoms with Crippen LogP contribution in [0, 0.1) is 16.7 Å². The van der Waals surface area contributed by atoms with E-state index in [9.17, 15) is 5.26 Å². The standard InChI is InChI=1S/C29H31Cl2N7O/c1-28(2,3)16-34-23-17(14-32)15-33-24-20(23)12-18(30)13-22(24)35-25(19-8-6-7-9-21(19)31)26-27(39-5)38(37-36-26)29(4)10-11-29/h6-9,12-13,15,25,35H,10-11,16H2,1-5H3,(H,33,34)/t25-/m0/s1. The van der Waals surface area contributed by atoms with E-state index in [4.69, 9.17) is 27.9 Å². The molecule has 8 nitrogen and oxygen atoms in total. The monoisotopic (exact) mass is 563 g/mol. The van der Waals surface area contributed by atoms with Crippen LogP contribution in [0.2, 0.25) is 10.0 Å². The average Bonchev–Trinajstić information content (AvgIpc) is 3.48. The minimum Gasteiger partial charge on any atom is -0.480 e. The lowest BCUT2D eigenvalue weighted by molar-refractivity contribution is 0.324. The van der Waals surface area contributed by atoms with Gasteiger partial charge in [-0.1, -0.05) is 67.4 Å². The predicted octanol–water partition coefficient (Wildman–Crippen LogP) is 7.18. The molecule has 0 aliphatic heterocycles. The topological polar surface area (TPSA) is 101 Å². The predicted molar refractivity (Wildman–Crippen MR) is 156 cm³/mol. The van der Waals surface area contributed by atoms with E-state index in [0.29, 0.717) is 50.6 Å². The van der Waals surface area contributed by atoms with Crippen molar-refractivity contribution in [3.63, 3.8) is 0 Å². The summed E-state index contributed by atoms with van der Waals surface area (Å²) in [7, 11) is 1.63. The summed E-state index contributed by atoms with van der Waals surface area (Å²) in [5.74, 6) is 0.575. The van der Waals surface area contributed by atoms with Gasteiger partial charge in [-0.05, 0) is 48.9 Å². The van der Waals surface area contributed by atoms with Gasteiger partial charge in [-0.2, -0.15) is 5.26 Å². The maximum absolute atomic E-state index is 9.83. The van der Waals surface area contributed by atoms with Crippen molar-refractivity contribution < 1.29 is 4.74 Å². The van der Waals surface area contributed by atoms with E-state index in [0.717, 1.165) is 23.8 Å². The molecule has 2 heterocycles. The van der Waals surface area contributed by atoms with Crippen LogP contribution in [0.5, 0.6) is 5.88 Å². The zero-order valence-electron chi connectivity index (χ0n) is 22.6. The summed E-state index contributed by atoms with van der Waals surface area (Å²) >= 11 is 13.4. The van der Waals surface area contributed by atoms with Crippen LogP contribution in [0.15, 0.2) is 42.6 Å². The molecule has 5 rings (SSSR count). The molecule has 10 heteroatoms. The SMILES string of the molecule is COc1c([C@@H](Nc2cc(Cl)cc3c(NCC(C)(C)C)c(C#N)cnc23)c2ccccc2Cl)nnn1C1(C)CC1. The van der Waals surface area contributed by atoms with Crippen molar-refractivity contribution in [3.05, 3.63) is 69.5 Å². The van der Waals surface area contributed by atoms with Crippen molar-refractivity contribution in [3.8, 4) is 11.9 Å². The molecule has 1 aliphatic carbocycles. The lowest BCUT2D eigenvalue weighted by Crippen LogP contribution is -2.20. The lowest BCUT2D eigenvalue weighted by Gasteiger charge is -2.24. The van der Waals surface area contributed by atoms with E-state index >= 15 is 0 Å². The molecule has 1 fully saturated rings. The van der Waals surface area contributed by atoms with Gasteiger partial charge in [0.05, 0.1) is 35.1 Å². The number of methoxy groups -OCH3 is 1. The molecule has 1 aliphatic rings. The first kappa shape index (κ1) is 27.0. The maximum Gasteiger partial charge on any atom is 0.238 e. The fourth-order valence-electron chi connectivity index (χ4n) is 4.57. The van der Waals surface area contributed by atoms with Crippen molar-refractivity contribution in [1.29, 1.82) is 5.26 Å². The Morgan fingerprint density at radius 3 is 2.59 bits per heavy atom. The zero-order chi connectivity index (χ0) is 27.9. The van der Waals surface area contributed by atoms with Gasteiger partial charge in [0.25, 0.3) is 0 Å². The molecule has 39 heavy (non-hydrogen) atoms. The second kappa shape index (κ2) is 10.2. The quantitative estimate of drug-likeness (QED) is 0.234. The zero-order valence-corrected chi connectivity index (χ0v) is 24.2. The van der Waals surface area contributed by atoms with Crippen molar-refractivity contribution >= 4 is 45.5 Å². The molecule has 0 radical (unpaired) electrons. The number of halogens is 2. The van der Waals surface area contributed by atoms with E-state index < -0.39 is 6.04 Å². The molecular formula is C29H31Cl2N7O. The third-order valence-corrected chi connectivity index (χ3v) is 7.54. The van der Waals surface area contributed by atoms with Crippen molar-refractivity contribution in [2.24, 2.45) is 5.41 Å². The van der Waals surface area contributed by atoms with E-state index in [1.54, 1.807) is 13.3 Å². The van der Waals surface area contributed by atoms with Gasteiger partial charge < -0.3 is 15.4 Å². The number of ether oxygens (including phenoxy) is 1. The second-order valence-electron chi connectivity index (χ2n) is 11.4. The summed E-state index contributed by atoms with van der Waals surface area (Å²) < 4.78 is 7.71. The van der Waals surface area contributed by atoms with Crippen LogP contribution in [0.1, 0.15) is 63.4 Å². The molecule has 0 spiro atoms. The van der Waals surface area contributed by atoms with Crippen molar-refractivity contribution in [2.45, 2.75) is 52.1 Å². The van der Waals surface area contributed by atoms with Crippen LogP contribution in [-0.2, 0) is 5.54 Å². The molecule has 1 atom stereocenters. The summed E-state index contributed by atoms with van der Waals surface area (Å²) in [5.41, 5.74) is 3.76. The number of nitrogens with zero attached hydrogens (tertiary/aromatic N) is 5. The number of anilines is 2. The highest BCUT2D eigenvalue weighted by molar-refractivity contribution is 6.32.